The molecule has 128 valence electrons. The van der Waals surface area contributed by atoms with E-state index in [1.54, 1.807) is 0 Å². The maximum Gasteiger partial charge on any atom is 0.316 e. The van der Waals surface area contributed by atoms with Crippen molar-refractivity contribution in [2.75, 3.05) is 0 Å². The van der Waals surface area contributed by atoms with Crippen LogP contribution >= 0.6 is 0 Å². The molecule has 6 atom stereocenters. The molecule has 3 rings (SSSR count). The molecule has 0 amide bonds. The molecule has 0 aromatic carbocycles. The summed E-state index contributed by atoms with van der Waals surface area (Å²) < 4.78 is 11.4. The molecule has 3 aliphatic rings. The SMILES string of the molecule is C=C(C)C(C)(CC(C)(C)C)C(=O)OC1C2CC3C(=O)OC1C3C2. The Morgan fingerprint density at radius 3 is 2.52 bits per heavy atom. The average Bonchev–Trinajstić information content (AvgIpc) is 3.00. The van der Waals surface area contributed by atoms with Crippen LogP contribution < -0.4 is 0 Å². The molecule has 4 nitrogen and oxygen atoms in total. The monoisotopic (exact) mass is 320 g/mol. The fourth-order valence-corrected chi connectivity index (χ4v) is 4.78. The van der Waals surface area contributed by atoms with Crippen molar-refractivity contribution >= 4 is 11.9 Å². The molecule has 0 aromatic rings. The summed E-state index contributed by atoms with van der Waals surface area (Å²) in [5.41, 5.74) is 0.107. The van der Waals surface area contributed by atoms with Crippen molar-refractivity contribution in [1.29, 1.82) is 0 Å². The summed E-state index contributed by atoms with van der Waals surface area (Å²) in [6.45, 7) is 14.2. The molecule has 2 aliphatic carbocycles. The zero-order chi connectivity index (χ0) is 17.2. The van der Waals surface area contributed by atoms with Gasteiger partial charge >= 0.3 is 11.9 Å². The lowest BCUT2D eigenvalue weighted by molar-refractivity contribution is -0.170. The van der Waals surface area contributed by atoms with Gasteiger partial charge in [-0.15, -0.1) is 0 Å². The Hall–Kier alpha value is -1.32. The minimum Gasteiger partial charge on any atom is -0.458 e. The first-order valence-electron chi connectivity index (χ1n) is 8.60. The fraction of sp³-hybridized carbons (Fsp3) is 0.789. The summed E-state index contributed by atoms with van der Waals surface area (Å²) in [5.74, 6) is 0.246. The van der Waals surface area contributed by atoms with E-state index >= 15 is 0 Å². The Balaban J connectivity index is 1.76. The van der Waals surface area contributed by atoms with Crippen molar-refractivity contribution in [3.8, 4) is 0 Å². The van der Waals surface area contributed by atoms with Crippen LogP contribution in [0.15, 0.2) is 12.2 Å². The molecule has 3 fully saturated rings. The number of carbonyl (C=O) groups excluding carboxylic acids is 2. The first-order valence-corrected chi connectivity index (χ1v) is 8.60. The normalized spacial score (nSPS) is 37.4. The van der Waals surface area contributed by atoms with E-state index in [0.29, 0.717) is 6.42 Å². The van der Waals surface area contributed by atoms with Gasteiger partial charge in [0.25, 0.3) is 0 Å². The van der Waals surface area contributed by atoms with Crippen LogP contribution in [-0.4, -0.2) is 24.1 Å². The number of ether oxygens (including phenoxy) is 2. The molecule has 23 heavy (non-hydrogen) atoms. The number of esters is 2. The number of carbonyl (C=O) groups is 2. The van der Waals surface area contributed by atoms with Crippen LogP contribution in [0.3, 0.4) is 0 Å². The van der Waals surface area contributed by atoms with Gasteiger partial charge in [-0.05, 0) is 38.5 Å². The molecule has 1 saturated heterocycles. The highest BCUT2D eigenvalue weighted by Gasteiger charge is 2.63. The Morgan fingerprint density at radius 2 is 1.96 bits per heavy atom. The van der Waals surface area contributed by atoms with Crippen molar-refractivity contribution < 1.29 is 19.1 Å². The number of rotatable bonds is 4. The topological polar surface area (TPSA) is 52.6 Å². The average molecular weight is 320 g/mol. The van der Waals surface area contributed by atoms with Crippen molar-refractivity contribution in [3.63, 3.8) is 0 Å². The van der Waals surface area contributed by atoms with Crippen LogP contribution in [0.1, 0.15) is 53.9 Å². The molecule has 0 aromatic heterocycles. The number of hydrogen-bond donors (Lipinski definition) is 0. The van der Waals surface area contributed by atoms with E-state index < -0.39 is 5.41 Å². The summed E-state index contributed by atoms with van der Waals surface area (Å²) >= 11 is 0. The van der Waals surface area contributed by atoms with Gasteiger partial charge in [0.2, 0.25) is 0 Å². The minimum absolute atomic E-state index is 0.00762. The van der Waals surface area contributed by atoms with Gasteiger partial charge in [0, 0.05) is 11.8 Å². The summed E-state index contributed by atoms with van der Waals surface area (Å²) in [6.07, 6.45) is 1.94. The molecule has 4 heteroatoms. The maximum atomic E-state index is 12.9. The highest BCUT2D eigenvalue weighted by atomic mass is 16.6. The van der Waals surface area contributed by atoms with E-state index in [-0.39, 0.29) is 47.3 Å². The Bertz CT molecular complexity index is 558. The smallest absolute Gasteiger partial charge is 0.316 e. The van der Waals surface area contributed by atoms with Crippen LogP contribution in [-0.2, 0) is 19.1 Å². The van der Waals surface area contributed by atoms with Crippen LogP contribution in [0.2, 0.25) is 0 Å². The Morgan fingerprint density at radius 1 is 1.30 bits per heavy atom. The van der Waals surface area contributed by atoms with Gasteiger partial charge in [-0.3, -0.25) is 9.59 Å². The molecule has 1 aliphatic heterocycles. The van der Waals surface area contributed by atoms with Gasteiger partial charge in [0.05, 0.1) is 11.3 Å². The molecular formula is C19H28O4. The molecule has 2 saturated carbocycles. The van der Waals surface area contributed by atoms with Crippen LogP contribution in [0.25, 0.3) is 0 Å². The minimum atomic E-state index is -0.706. The second-order valence-corrected chi connectivity index (χ2v) is 9.12. The molecule has 0 radical (unpaired) electrons. The van der Waals surface area contributed by atoms with Gasteiger partial charge in [0.1, 0.15) is 12.2 Å². The van der Waals surface area contributed by atoms with E-state index in [1.165, 1.54) is 0 Å². The number of fused-ring (bicyclic) bond motifs is 1. The van der Waals surface area contributed by atoms with Gasteiger partial charge < -0.3 is 9.47 Å². The second kappa shape index (κ2) is 5.09. The predicted octanol–water partition coefficient (Wildman–Crippen LogP) is 3.50. The van der Waals surface area contributed by atoms with Gasteiger partial charge in [-0.25, -0.2) is 0 Å². The molecule has 0 N–H and O–H groups in total. The van der Waals surface area contributed by atoms with Crippen molar-refractivity contribution in [1.82, 2.24) is 0 Å². The lowest BCUT2D eigenvalue weighted by atomic mass is 9.71. The van der Waals surface area contributed by atoms with E-state index in [0.717, 1.165) is 18.4 Å². The zero-order valence-corrected chi connectivity index (χ0v) is 14.8. The van der Waals surface area contributed by atoms with Crippen LogP contribution in [0, 0.1) is 28.6 Å². The quantitative estimate of drug-likeness (QED) is 0.587. The third kappa shape index (κ3) is 2.60. The van der Waals surface area contributed by atoms with Crippen molar-refractivity contribution in [2.45, 2.75) is 66.1 Å². The van der Waals surface area contributed by atoms with E-state index in [2.05, 4.69) is 27.4 Å². The molecular weight excluding hydrogens is 292 g/mol. The van der Waals surface area contributed by atoms with Crippen LogP contribution in [0.4, 0.5) is 0 Å². The van der Waals surface area contributed by atoms with E-state index in [4.69, 9.17) is 9.47 Å². The molecule has 6 unspecified atom stereocenters. The van der Waals surface area contributed by atoms with Crippen molar-refractivity contribution in [2.24, 2.45) is 28.6 Å². The molecule has 1 heterocycles. The van der Waals surface area contributed by atoms with Crippen molar-refractivity contribution in [3.05, 3.63) is 12.2 Å². The third-order valence-electron chi connectivity index (χ3n) is 5.93. The molecule has 0 spiro atoms. The fourth-order valence-electron chi connectivity index (χ4n) is 4.78. The van der Waals surface area contributed by atoms with Gasteiger partial charge in [0.15, 0.2) is 0 Å². The lowest BCUT2D eigenvalue weighted by Gasteiger charge is -2.36. The Kier molecular flexibility index (Phi) is 3.66. The first kappa shape index (κ1) is 16.5. The largest absolute Gasteiger partial charge is 0.458 e. The third-order valence-corrected chi connectivity index (χ3v) is 5.93. The highest BCUT2D eigenvalue weighted by molar-refractivity contribution is 5.81. The zero-order valence-electron chi connectivity index (χ0n) is 14.8. The summed E-state index contributed by atoms with van der Waals surface area (Å²) in [6, 6.07) is 0. The lowest BCUT2D eigenvalue weighted by Crippen LogP contribution is -2.42. The second-order valence-electron chi connectivity index (χ2n) is 9.12. The maximum absolute atomic E-state index is 12.9. The molecule has 2 bridgehead atoms. The number of hydrogen-bond acceptors (Lipinski definition) is 4. The first-order chi connectivity index (χ1) is 10.5. The highest BCUT2D eigenvalue weighted by Crippen LogP contribution is 2.56. The standard InChI is InChI=1S/C19H28O4/c1-10(2)19(6,9-18(3,4)5)17(21)23-14-11-7-12-13(8-11)16(20)22-15(12)14/h11-15H,1,7-9H2,2-6H3. The van der Waals surface area contributed by atoms with Gasteiger partial charge in [-0.1, -0.05) is 32.9 Å². The van der Waals surface area contributed by atoms with Gasteiger partial charge in [-0.2, -0.15) is 0 Å². The Labute approximate surface area is 138 Å². The summed E-state index contributed by atoms with van der Waals surface area (Å²) in [4.78, 5) is 24.8. The summed E-state index contributed by atoms with van der Waals surface area (Å²) in [5, 5.41) is 0. The summed E-state index contributed by atoms with van der Waals surface area (Å²) in [7, 11) is 0. The predicted molar refractivity (Wildman–Crippen MR) is 86.5 cm³/mol. The van der Waals surface area contributed by atoms with E-state index in [9.17, 15) is 9.59 Å². The van der Waals surface area contributed by atoms with E-state index in [1.807, 2.05) is 13.8 Å². The van der Waals surface area contributed by atoms with Crippen LogP contribution in [0.5, 0.6) is 0 Å².